The molecular weight excluding hydrogens is 270 g/mol. The van der Waals surface area contributed by atoms with Gasteiger partial charge < -0.3 is 21.1 Å². The zero-order valence-electron chi connectivity index (χ0n) is 12.5. The molecule has 0 spiro atoms. The van der Waals surface area contributed by atoms with Crippen LogP contribution in [0.4, 0.5) is 5.69 Å². The van der Waals surface area contributed by atoms with Crippen molar-refractivity contribution in [1.82, 2.24) is 10.6 Å². The second-order valence-electron chi connectivity index (χ2n) is 4.77. The van der Waals surface area contributed by atoms with E-state index in [1.165, 1.54) is 0 Å². The van der Waals surface area contributed by atoms with Gasteiger partial charge in [-0.3, -0.25) is 9.59 Å². The first-order valence-electron chi connectivity index (χ1n) is 6.94. The molecule has 0 aliphatic heterocycles. The minimum Gasteiger partial charge on any atom is -0.399 e. The number of nitrogens with two attached hydrogens (primary N) is 1. The lowest BCUT2D eigenvalue weighted by Crippen LogP contribution is -2.45. The fraction of sp³-hybridized carbons (Fsp3) is 0.467. The van der Waals surface area contributed by atoms with Crippen LogP contribution in [-0.2, 0) is 20.7 Å². The highest BCUT2D eigenvalue weighted by Gasteiger charge is 2.15. The zero-order chi connectivity index (χ0) is 15.7. The highest BCUT2D eigenvalue weighted by molar-refractivity contribution is 5.87. The molecule has 4 N–H and O–H groups in total. The number of aryl methyl sites for hydroxylation is 1. The molecule has 0 fully saturated rings. The van der Waals surface area contributed by atoms with Crippen LogP contribution in [-0.4, -0.2) is 38.1 Å². The predicted molar refractivity (Wildman–Crippen MR) is 81.7 cm³/mol. The molecular formula is C15H23N3O3. The Morgan fingerprint density at radius 1 is 1.33 bits per heavy atom. The molecule has 0 saturated heterocycles. The number of anilines is 1. The molecule has 0 aromatic heterocycles. The molecule has 0 bridgehead atoms. The highest BCUT2D eigenvalue weighted by Crippen LogP contribution is 2.12. The first-order chi connectivity index (χ1) is 10.0. The van der Waals surface area contributed by atoms with Crippen LogP contribution in [0.2, 0.25) is 0 Å². The zero-order valence-corrected chi connectivity index (χ0v) is 12.5. The molecule has 0 aliphatic carbocycles. The Labute approximate surface area is 125 Å². The van der Waals surface area contributed by atoms with Crippen LogP contribution in [0.5, 0.6) is 0 Å². The number of para-hydroxylation sites is 1. The van der Waals surface area contributed by atoms with Crippen molar-refractivity contribution in [1.29, 1.82) is 0 Å². The quantitative estimate of drug-likeness (QED) is 0.480. The summed E-state index contributed by atoms with van der Waals surface area (Å²) in [4.78, 5) is 23.5. The Bertz CT molecular complexity index is 477. The molecule has 1 aromatic rings. The van der Waals surface area contributed by atoms with Crippen LogP contribution < -0.4 is 16.4 Å². The number of benzene rings is 1. The summed E-state index contributed by atoms with van der Waals surface area (Å²) in [6.45, 7) is 2.52. The molecule has 1 unspecified atom stereocenters. The van der Waals surface area contributed by atoms with Crippen LogP contribution in [0.3, 0.4) is 0 Å². The fourth-order valence-corrected chi connectivity index (χ4v) is 1.82. The third-order valence-corrected chi connectivity index (χ3v) is 3.05. The van der Waals surface area contributed by atoms with Gasteiger partial charge in [-0.05, 0) is 25.0 Å². The van der Waals surface area contributed by atoms with Crippen LogP contribution in [0.25, 0.3) is 0 Å². The van der Waals surface area contributed by atoms with E-state index in [0.717, 1.165) is 5.56 Å². The minimum absolute atomic E-state index is 0.173. The van der Waals surface area contributed by atoms with Crippen LogP contribution >= 0.6 is 0 Å². The van der Waals surface area contributed by atoms with E-state index >= 15 is 0 Å². The minimum atomic E-state index is -0.567. The van der Waals surface area contributed by atoms with Crippen molar-refractivity contribution >= 4 is 17.5 Å². The van der Waals surface area contributed by atoms with Crippen molar-refractivity contribution in [2.45, 2.75) is 25.8 Å². The maximum Gasteiger partial charge on any atom is 0.242 e. The van der Waals surface area contributed by atoms with Gasteiger partial charge in [0.05, 0.1) is 6.61 Å². The Kier molecular flexibility index (Phi) is 7.25. The van der Waals surface area contributed by atoms with Gasteiger partial charge in [-0.15, -0.1) is 0 Å². The van der Waals surface area contributed by atoms with E-state index in [0.29, 0.717) is 31.7 Å². The number of nitrogens with one attached hydrogen (secondary N) is 2. The maximum atomic E-state index is 11.8. The Morgan fingerprint density at radius 3 is 2.71 bits per heavy atom. The molecule has 0 aliphatic rings. The second kappa shape index (κ2) is 8.97. The van der Waals surface area contributed by atoms with E-state index < -0.39 is 6.04 Å². The standard InChI is InChI=1S/C15H23N3O3/c1-11(15(20)17-9-10-21-2)18-14(19)8-7-12-5-3-4-6-13(12)16/h3-6,11H,7-10,16H2,1-2H3,(H,17,20)(H,18,19). The lowest BCUT2D eigenvalue weighted by atomic mass is 10.1. The number of carbonyl (C=O) groups is 2. The van der Waals surface area contributed by atoms with Crippen molar-refractivity contribution in [3.05, 3.63) is 29.8 Å². The summed E-state index contributed by atoms with van der Waals surface area (Å²) in [6, 6.07) is 6.87. The number of methoxy groups -OCH3 is 1. The summed E-state index contributed by atoms with van der Waals surface area (Å²) in [5.41, 5.74) is 7.43. The number of hydrogen-bond donors (Lipinski definition) is 3. The van der Waals surface area contributed by atoms with E-state index in [-0.39, 0.29) is 11.8 Å². The van der Waals surface area contributed by atoms with Gasteiger partial charge in [-0.2, -0.15) is 0 Å². The number of rotatable bonds is 8. The normalized spacial score (nSPS) is 11.7. The van der Waals surface area contributed by atoms with Crippen molar-refractivity contribution < 1.29 is 14.3 Å². The molecule has 2 amide bonds. The third kappa shape index (κ3) is 6.27. The van der Waals surface area contributed by atoms with Crippen molar-refractivity contribution in [3.63, 3.8) is 0 Å². The summed E-state index contributed by atoms with van der Waals surface area (Å²) in [5.74, 6) is -0.396. The molecule has 1 rings (SSSR count). The summed E-state index contributed by atoms with van der Waals surface area (Å²) < 4.78 is 4.84. The van der Waals surface area contributed by atoms with E-state index in [1.54, 1.807) is 20.1 Å². The van der Waals surface area contributed by atoms with Gasteiger partial charge in [-0.25, -0.2) is 0 Å². The number of carbonyl (C=O) groups excluding carboxylic acids is 2. The van der Waals surface area contributed by atoms with Gasteiger partial charge >= 0.3 is 0 Å². The van der Waals surface area contributed by atoms with Gasteiger partial charge in [0, 0.05) is 25.8 Å². The first-order valence-corrected chi connectivity index (χ1v) is 6.94. The Hall–Kier alpha value is -2.08. The number of amides is 2. The summed E-state index contributed by atoms with van der Waals surface area (Å²) >= 11 is 0. The average molecular weight is 293 g/mol. The van der Waals surface area contributed by atoms with Crippen molar-refractivity contribution in [2.75, 3.05) is 26.0 Å². The molecule has 0 radical (unpaired) electrons. The summed E-state index contributed by atoms with van der Waals surface area (Å²) in [6.07, 6.45) is 0.848. The van der Waals surface area contributed by atoms with E-state index in [9.17, 15) is 9.59 Å². The lowest BCUT2D eigenvalue weighted by molar-refractivity contribution is -0.128. The highest BCUT2D eigenvalue weighted by atomic mass is 16.5. The summed E-state index contributed by atoms with van der Waals surface area (Å²) in [7, 11) is 1.56. The van der Waals surface area contributed by atoms with Crippen LogP contribution in [0.15, 0.2) is 24.3 Å². The monoisotopic (exact) mass is 293 g/mol. The SMILES string of the molecule is COCCNC(=O)C(C)NC(=O)CCc1ccccc1N. The average Bonchev–Trinajstić information content (AvgIpc) is 2.46. The van der Waals surface area contributed by atoms with E-state index in [4.69, 9.17) is 10.5 Å². The van der Waals surface area contributed by atoms with E-state index in [1.807, 2.05) is 18.2 Å². The third-order valence-electron chi connectivity index (χ3n) is 3.05. The van der Waals surface area contributed by atoms with Gasteiger partial charge in [0.2, 0.25) is 11.8 Å². The van der Waals surface area contributed by atoms with E-state index in [2.05, 4.69) is 10.6 Å². The smallest absolute Gasteiger partial charge is 0.242 e. The van der Waals surface area contributed by atoms with Gasteiger partial charge in [0.1, 0.15) is 6.04 Å². The van der Waals surface area contributed by atoms with Gasteiger partial charge in [0.15, 0.2) is 0 Å². The molecule has 1 atom stereocenters. The molecule has 0 heterocycles. The largest absolute Gasteiger partial charge is 0.399 e. The molecule has 6 heteroatoms. The molecule has 116 valence electrons. The Morgan fingerprint density at radius 2 is 2.05 bits per heavy atom. The molecule has 0 saturated carbocycles. The second-order valence-corrected chi connectivity index (χ2v) is 4.77. The number of ether oxygens (including phenoxy) is 1. The number of hydrogen-bond acceptors (Lipinski definition) is 4. The van der Waals surface area contributed by atoms with Crippen molar-refractivity contribution in [3.8, 4) is 0 Å². The molecule has 1 aromatic carbocycles. The topological polar surface area (TPSA) is 93.5 Å². The number of nitrogen functional groups attached to an aromatic ring is 1. The lowest BCUT2D eigenvalue weighted by Gasteiger charge is -2.14. The van der Waals surface area contributed by atoms with Gasteiger partial charge in [0.25, 0.3) is 0 Å². The van der Waals surface area contributed by atoms with Crippen LogP contribution in [0.1, 0.15) is 18.9 Å². The summed E-state index contributed by atoms with van der Waals surface area (Å²) in [5, 5.41) is 5.34. The molecule has 6 nitrogen and oxygen atoms in total. The van der Waals surface area contributed by atoms with Gasteiger partial charge in [-0.1, -0.05) is 18.2 Å². The maximum absolute atomic E-state index is 11.8. The predicted octanol–water partition coefficient (Wildman–Crippen LogP) is 0.469. The first kappa shape index (κ1) is 17.0. The van der Waals surface area contributed by atoms with Crippen LogP contribution in [0, 0.1) is 0 Å². The Balaban J connectivity index is 2.33. The van der Waals surface area contributed by atoms with Crippen molar-refractivity contribution in [2.24, 2.45) is 0 Å². The molecule has 21 heavy (non-hydrogen) atoms. The fourth-order valence-electron chi connectivity index (χ4n) is 1.82.